The highest BCUT2D eigenvalue weighted by atomic mass is 32.2. The lowest BCUT2D eigenvalue weighted by molar-refractivity contribution is -0.119. The van der Waals surface area contributed by atoms with Gasteiger partial charge in [0.15, 0.2) is 0 Å². The Morgan fingerprint density at radius 3 is 2.30 bits per heavy atom. The van der Waals surface area contributed by atoms with Crippen LogP contribution >= 0.6 is 0 Å². The molecule has 0 radical (unpaired) electrons. The smallest absolute Gasteiger partial charge is 0.264 e. The Labute approximate surface area is 252 Å². The number of anilines is 1. The fourth-order valence-corrected chi connectivity index (χ4v) is 6.18. The SMILES string of the molecule is Cc1ccc(S(=O)(=O)N(CC(=O)N/N=C/c2ccc(OCc3cccc4ccccc34)cc2)c2cc(C)ccc2C)cc1. The van der Waals surface area contributed by atoms with E-state index in [0.29, 0.717) is 18.0 Å². The average Bonchev–Trinajstić information content (AvgIpc) is 3.01. The summed E-state index contributed by atoms with van der Waals surface area (Å²) in [6.45, 7) is 5.59. The van der Waals surface area contributed by atoms with Gasteiger partial charge in [0.05, 0.1) is 16.8 Å². The van der Waals surface area contributed by atoms with Crippen molar-refractivity contribution in [3.63, 3.8) is 0 Å². The second-order valence-corrected chi connectivity index (χ2v) is 12.3. The number of benzene rings is 5. The van der Waals surface area contributed by atoms with Crippen molar-refractivity contribution >= 4 is 38.6 Å². The molecule has 5 rings (SSSR count). The summed E-state index contributed by atoms with van der Waals surface area (Å²) in [6.07, 6.45) is 1.50. The molecule has 1 amide bonds. The van der Waals surface area contributed by atoms with Gasteiger partial charge in [0.25, 0.3) is 15.9 Å². The number of sulfonamides is 1. The Morgan fingerprint density at radius 2 is 1.53 bits per heavy atom. The predicted molar refractivity (Wildman–Crippen MR) is 172 cm³/mol. The van der Waals surface area contributed by atoms with Gasteiger partial charge in [-0.25, -0.2) is 13.8 Å². The van der Waals surface area contributed by atoms with Gasteiger partial charge in [-0.1, -0.05) is 72.3 Å². The Balaban J connectivity index is 1.25. The molecule has 1 N–H and O–H groups in total. The van der Waals surface area contributed by atoms with Crippen molar-refractivity contribution in [3.05, 3.63) is 137 Å². The zero-order chi connectivity index (χ0) is 30.4. The molecule has 0 aromatic heterocycles. The maximum absolute atomic E-state index is 13.7. The summed E-state index contributed by atoms with van der Waals surface area (Å²) < 4.78 is 34.5. The first-order valence-corrected chi connectivity index (χ1v) is 15.3. The van der Waals surface area contributed by atoms with Gasteiger partial charge in [-0.15, -0.1) is 0 Å². The maximum Gasteiger partial charge on any atom is 0.264 e. The summed E-state index contributed by atoms with van der Waals surface area (Å²) >= 11 is 0. The highest BCUT2D eigenvalue weighted by Crippen LogP contribution is 2.28. The van der Waals surface area contributed by atoms with E-state index in [9.17, 15) is 13.2 Å². The monoisotopic (exact) mass is 591 g/mol. The molecular weight excluding hydrogens is 558 g/mol. The molecule has 8 heteroatoms. The van der Waals surface area contributed by atoms with Gasteiger partial charge in [0.1, 0.15) is 18.9 Å². The molecule has 0 fully saturated rings. The van der Waals surface area contributed by atoms with E-state index < -0.39 is 22.5 Å². The Bertz CT molecular complexity index is 1880. The molecule has 5 aromatic carbocycles. The van der Waals surface area contributed by atoms with Crippen LogP contribution in [0.15, 0.2) is 119 Å². The summed E-state index contributed by atoms with van der Waals surface area (Å²) in [5.74, 6) is 0.141. The zero-order valence-electron chi connectivity index (χ0n) is 24.3. The zero-order valence-corrected chi connectivity index (χ0v) is 25.1. The number of nitrogens with zero attached hydrogens (tertiary/aromatic N) is 2. The van der Waals surface area contributed by atoms with E-state index in [0.717, 1.165) is 37.5 Å². The molecule has 5 aromatic rings. The summed E-state index contributed by atoms with van der Waals surface area (Å²) in [6, 6.07) is 33.8. The van der Waals surface area contributed by atoms with Crippen molar-refractivity contribution in [3.8, 4) is 5.75 Å². The lowest BCUT2D eigenvalue weighted by atomic mass is 10.1. The summed E-state index contributed by atoms with van der Waals surface area (Å²) in [5.41, 5.74) is 7.32. The van der Waals surface area contributed by atoms with E-state index in [1.807, 2.05) is 75.4 Å². The number of carbonyl (C=O) groups is 1. The van der Waals surface area contributed by atoms with Crippen LogP contribution in [0.25, 0.3) is 10.8 Å². The second-order valence-electron chi connectivity index (χ2n) is 10.4. The lowest BCUT2D eigenvalue weighted by Gasteiger charge is -2.25. The first-order chi connectivity index (χ1) is 20.7. The number of fused-ring (bicyclic) bond motifs is 1. The third-order valence-corrected chi connectivity index (χ3v) is 8.86. The van der Waals surface area contributed by atoms with Gasteiger partial charge in [-0.2, -0.15) is 5.10 Å². The molecule has 0 aliphatic rings. The quantitative estimate of drug-likeness (QED) is 0.145. The fourth-order valence-electron chi connectivity index (χ4n) is 4.70. The van der Waals surface area contributed by atoms with E-state index >= 15 is 0 Å². The third kappa shape index (κ3) is 7.10. The topological polar surface area (TPSA) is 88.1 Å². The Hall–Kier alpha value is -4.95. The highest BCUT2D eigenvalue weighted by Gasteiger charge is 2.28. The first kappa shape index (κ1) is 29.5. The predicted octanol–water partition coefficient (Wildman–Crippen LogP) is 6.69. The van der Waals surface area contributed by atoms with Crippen molar-refractivity contribution in [2.75, 3.05) is 10.8 Å². The normalized spacial score (nSPS) is 11.5. The van der Waals surface area contributed by atoms with Crippen LogP contribution in [0.3, 0.4) is 0 Å². The highest BCUT2D eigenvalue weighted by molar-refractivity contribution is 7.92. The Kier molecular flexibility index (Phi) is 8.87. The molecule has 0 bridgehead atoms. The standard InChI is InChI=1S/C35H33N3O4S/c1-25-12-19-32(20-13-25)43(40,41)38(34-21-26(2)11-14-27(34)3)23-35(39)37-36-22-28-15-17-31(18-16-28)42-24-30-9-6-8-29-7-4-5-10-33(29)30/h4-22H,23-24H2,1-3H3,(H,37,39)/b36-22+. The molecule has 0 aliphatic carbocycles. The molecule has 0 spiro atoms. The van der Waals surface area contributed by atoms with Crippen molar-refractivity contribution in [1.29, 1.82) is 0 Å². The minimum Gasteiger partial charge on any atom is -0.489 e. The van der Waals surface area contributed by atoms with Crippen molar-refractivity contribution in [1.82, 2.24) is 5.43 Å². The van der Waals surface area contributed by atoms with Gasteiger partial charge >= 0.3 is 0 Å². The van der Waals surface area contributed by atoms with E-state index in [1.165, 1.54) is 11.6 Å². The van der Waals surface area contributed by atoms with Crippen LogP contribution in [0.5, 0.6) is 5.75 Å². The number of ether oxygens (including phenoxy) is 1. The number of aryl methyl sites for hydroxylation is 3. The van der Waals surface area contributed by atoms with E-state index in [4.69, 9.17) is 4.74 Å². The van der Waals surface area contributed by atoms with Crippen LogP contribution in [-0.2, 0) is 21.4 Å². The van der Waals surface area contributed by atoms with E-state index in [-0.39, 0.29) is 4.90 Å². The Morgan fingerprint density at radius 1 is 0.837 bits per heavy atom. The molecule has 43 heavy (non-hydrogen) atoms. The van der Waals surface area contributed by atoms with Crippen LogP contribution in [0.1, 0.15) is 27.8 Å². The second kappa shape index (κ2) is 12.9. The number of rotatable bonds is 10. The molecule has 0 aliphatic heterocycles. The number of carbonyl (C=O) groups excluding carboxylic acids is 1. The number of hydrazone groups is 1. The van der Waals surface area contributed by atoms with Crippen LogP contribution < -0.4 is 14.5 Å². The minimum atomic E-state index is -4.02. The van der Waals surface area contributed by atoms with Gasteiger partial charge < -0.3 is 4.74 Å². The molecule has 0 heterocycles. The summed E-state index contributed by atoms with van der Waals surface area (Å²) in [4.78, 5) is 13.1. The van der Waals surface area contributed by atoms with Gasteiger partial charge in [0, 0.05) is 0 Å². The fraction of sp³-hybridized carbons (Fsp3) is 0.143. The molecule has 0 unspecified atom stereocenters. The minimum absolute atomic E-state index is 0.109. The van der Waals surface area contributed by atoms with Crippen LogP contribution in [-0.4, -0.2) is 27.1 Å². The number of hydrogen-bond donors (Lipinski definition) is 1. The number of nitrogens with one attached hydrogen (secondary N) is 1. The molecular formula is C35H33N3O4S. The van der Waals surface area contributed by atoms with Crippen molar-refractivity contribution < 1.29 is 17.9 Å². The first-order valence-electron chi connectivity index (χ1n) is 13.9. The molecule has 218 valence electrons. The summed E-state index contributed by atoms with van der Waals surface area (Å²) in [5, 5.41) is 6.39. The summed E-state index contributed by atoms with van der Waals surface area (Å²) in [7, 11) is -4.02. The molecule has 0 saturated carbocycles. The third-order valence-electron chi connectivity index (χ3n) is 7.09. The number of amides is 1. The van der Waals surface area contributed by atoms with Crippen LogP contribution in [0.4, 0.5) is 5.69 Å². The molecule has 0 saturated heterocycles. The van der Waals surface area contributed by atoms with E-state index in [1.54, 1.807) is 30.3 Å². The van der Waals surface area contributed by atoms with Gasteiger partial charge in [-0.05, 0) is 96.3 Å². The maximum atomic E-state index is 13.7. The van der Waals surface area contributed by atoms with Gasteiger partial charge in [-0.3, -0.25) is 9.10 Å². The van der Waals surface area contributed by atoms with Gasteiger partial charge in [0.2, 0.25) is 0 Å². The number of hydrogen-bond acceptors (Lipinski definition) is 5. The van der Waals surface area contributed by atoms with Crippen LogP contribution in [0.2, 0.25) is 0 Å². The lowest BCUT2D eigenvalue weighted by Crippen LogP contribution is -2.40. The average molecular weight is 592 g/mol. The van der Waals surface area contributed by atoms with Crippen molar-refractivity contribution in [2.45, 2.75) is 32.3 Å². The van der Waals surface area contributed by atoms with E-state index in [2.05, 4.69) is 34.8 Å². The van der Waals surface area contributed by atoms with Crippen molar-refractivity contribution in [2.24, 2.45) is 5.10 Å². The largest absolute Gasteiger partial charge is 0.489 e. The molecule has 7 nitrogen and oxygen atoms in total. The van der Waals surface area contributed by atoms with Crippen LogP contribution in [0, 0.1) is 20.8 Å². The molecule has 0 atom stereocenters.